The summed E-state index contributed by atoms with van der Waals surface area (Å²) in [6, 6.07) is 6.81. The summed E-state index contributed by atoms with van der Waals surface area (Å²) in [6.45, 7) is 0.0227. The minimum absolute atomic E-state index is 0.0117. The van der Waals surface area contributed by atoms with Crippen LogP contribution in [-0.2, 0) is 15.1 Å². The van der Waals surface area contributed by atoms with Crippen LogP contribution in [0.5, 0.6) is 0 Å². The first-order chi connectivity index (χ1) is 7.55. The molecule has 1 saturated heterocycles. The first-order valence-electron chi connectivity index (χ1n) is 4.90. The first-order valence-corrected chi connectivity index (χ1v) is 5.27. The van der Waals surface area contributed by atoms with Crippen LogP contribution >= 0.6 is 11.6 Å². The quantitative estimate of drug-likeness (QED) is 0.749. The molecule has 0 spiro atoms. The molecule has 0 amide bonds. The van der Waals surface area contributed by atoms with Gasteiger partial charge in [-0.1, -0.05) is 29.8 Å². The van der Waals surface area contributed by atoms with Gasteiger partial charge in [0, 0.05) is 10.6 Å². The predicted molar refractivity (Wildman–Crippen MR) is 59.2 cm³/mol. The van der Waals surface area contributed by atoms with E-state index in [1.807, 2.05) is 0 Å². The van der Waals surface area contributed by atoms with Gasteiger partial charge in [0.2, 0.25) is 0 Å². The monoisotopic (exact) mass is 241 g/mol. The van der Waals surface area contributed by atoms with Gasteiger partial charge < -0.3 is 15.6 Å². The molecule has 0 bridgehead atoms. The Labute approximate surface area is 98.0 Å². The predicted octanol–water partition coefficient (Wildman–Crippen LogP) is 0.454. The fraction of sp³-hybridized carbons (Fsp3) is 0.364. The Morgan fingerprint density at radius 2 is 2.19 bits per heavy atom. The summed E-state index contributed by atoms with van der Waals surface area (Å²) in [4.78, 5) is 11.9. The molecular weight excluding hydrogens is 230 g/mol. The summed E-state index contributed by atoms with van der Waals surface area (Å²) in [5.41, 5.74) is 5.13. The van der Waals surface area contributed by atoms with Gasteiger partial charge in [-0.2, -0.15) is 0 Å². The maximum atomic E-state index is 11.9. The van der Waals surface area contributed by atoms with E-state index in [0.29, 0.717) is 10.6 Å². The van der Waals surface area contributed by atoms with E-state index in [-0.39, 0.29) is 13.2 Å². The largest absolute Gasteiger partial charge is 0.383 e. The third-order valence-corrected chi connectivity index (χ3v) is 3.03. The number of hydrogen-bond donors (Lipinski definition) is 2. The smallest absolute Gasteiger partial charge is 0.190 e. The van der Waals surface area contributed by atoms with E-state index in [9.17, 15) is 9.90 Å². The van der Waals surface area contributed by atoms with Crippen LogP contribution in [0.4, 0.5) is 0 Å². The Morgan fingerprint density at radius 1 is 1.50 bits per heavy atom. The second-order valence-corrected chi connectivity index (χ2v) is 4.25. The van der Waals surface area contributed by atoms with Crippen LogP contribution in [0.1, 0.15) is 5.56 Å². The molecule has 2 rings (SSSR count). The van der Waals surface area contributed by atoms with Gasteiger partial charge in [-0.25, -0.2) is 0 Å². The number of ketones is 1. The molecule has 0 radical (unpaired) electrons. The molecule has 1 aliphatic heterocycles. The topological polar surface area (TPSA) is 72.6 Å². The van der Waals surface area contributed by atoms with Crippen LogP contribution in [-0.4, -0.2) is 30.2 Å². The van der Waals surface area contributed by atoms with E-state index < -0.39 is 17.4 Å². The molecule has 1 aromatic rings. The molecule has 4 nitrogen and oxygen atoms in total. The standard InChI is InChI=1S/C11H12ClNO3/c12-8-4-2-1-3-7(8)11(13)6-16-5-9(14)10(11)15/h1-4,9,14H,5-6,13H2. The van der Waals surface area contributed by atoms with Crippen LogP contribution in [0.2, 0.25) is 5.02 Å². The van der Waals surface area contributed by atoms with E-state index in [4.69, 9.17) is 22.1 Å². The molecule has 0 saturated carbocycles. The van der Waals surface area contributed by atoms with E-state index in [1.54, 1.807) is 24.3 Å². The summed E-state index contributed by atoms with van der Waals surface area (Å²) in [6.07, 6.45) is -1.19. The molecule has 0 aromatic heterocycles. The molecule has 86 valence electrons. The molecule has 5 heteroatoms. The van der Waals surface area contributed by atoms with Gasteiger partial charge in [0.1, 0.15) is 11.6 Å². The zero-order valence-electron chi connectivity index (χ0n) is 8.52. The maximum absolute atomic E-state index is 11.9. The number of carbonyl (C=O) groups is 1. The van der Waals surface area contributed by atoms with Crippen molar-refractivity contribution in [2.45, 2.75) is 11.6 Å². The van der Waals surface area contributed by atoms with Gasteiger partial charge in [0.25, 0.3) is 0 Å². The van der Waals surface area contributed by atoms with Gasteiger partial charge in [-0.05, 0) is 6.07 Å². The average molecular weight is 242 g/mol. The fourth-order valence-corrected chi connectivity index (χ4v) is 2.11. The number of aliphatic hydroxyl groups excluding tert-OH is 1. The van der Waals surface area contributed by atoms with Crippen molar-refractivity contribution in [3.05, 3.63) is 34.9 Å². The summed E-state index contributed by atoms with van der Waals surface area (Å²) in [5.74, 6) is -0.452. The van der Waals surface area contributed by atoms with Crippen LogP contribution in [0, 0.1) is 0 Å². The highest BCUT2D eigenvalue weighted by Gasteiger charge is 2.44. The highest BCUT2D eigenvalue weighted by molar-refractivity contribution is 6.31. The summed E-state index contributed by atoms with van der Waals surface area (Å²) < 4.78 is 5.12. The van der Waals surface area contributed by atoms with Gasteiger partial charge in [0.05, 0.1) is 13.2 Å². The van der Waals surface area contributed by atoms with Crippen molar-refractivity contribution in [3.8, 4) is 0 Å². The molecule has 3 N–H and O–H groups in total. The number of benzene rings is 1. The normalized spacial score (nSPS) is 30.4. The van der Waals surface area contributed by atoms with Crippen molar-refractivity contribution in [1.82, 2.24) is 0 Å². The lowest BCUT2D eigenvalue weighted by molar-refractivity contribution is -0.147. The zero-order valence-corrected chi connectivity index (χ0v) is 9.28. The summed E-state index contributed by atoms with van der Waals surface area (Å²) in [5, 5.41) is 9.87. The van der Waals surface area contributed by atoms with Gasteiger partial charge in [0.15, 0.2) is 5.78 Å². The Hall–Kier alpha value is -0.940. The first kappa shape index (κ1) is 11.5. The lowest BCUT2D eigenvalue weighted by Crippen LogP contribution is -2.58. The Morgan fingerprint density at radius 3 is 2.88 bits per heavy atom. The van der Waals surface area contributed by atoms with Crippen LogP contribution < -0.4 is 5.73 Å². The van der Waals surface area contributed by atoms with Crippen molar-refractivity contribution in [1.29, 1.82) is 0 Å². The zero-order chi connectivity index (χ0) is 11.8. The van der Waals surface area contributed by atoms with Crippen molar-refractivity contribution in [2.24, 2.45) is 5.73 Å². The fourth-order valence-electron chi connectivity index (χ4n) is 1.81. The molecule has 16 heavy (non-hydrogen) atoms. The number of Topliss-reactive ketones (excluding diaryl/α,β-unsaturated/α-hetero) is 1. The molecule has 1 aliphatic rings. The third-order valence-electron chi connectivity index (χ3n) is 2.70. The molecule has 2 atom stereocenters. The highest BCUT2D eigenvalue weighted by Crippen LogP contribution is 2.30. The second kappa shape index (κ2) is 4.14. The minimum Gasteiger partial charge on any atom is -0.383 e. The Bertz CT molecular complexity index is 423. The molecule has 1 heterocycles. The number of ether oxygens (including phenoxy) is 1. The molecular formula is C11H12ClNO3. The number of nitrogens with two attached hydrogens (primary N) is 1. The van der Waals surface area contributed by atoms with E-state index in [0.717, 1.165) is 0 Å². The number of rotatable bonds is 1. The summed E-state index contributed by atoms with van der Waals surface area (Å²) in [7, 11) is 0. The van der Waals surface area contributed by atoms with Crippen LogP contribution in [0.15, 0.2) is 24.3 Å². The van der Waals surface area contributed by atoms with Crippen molar-refractivity contribution >= 4 is 17.4 Å². The van der Waals surface area contributed by atoms with Crippen molar-refractivity contribution in [3.63, 3.8) is 0 Å². The van der Waals surface area contributed by atoms with Crippen molar-refractivity contribution < 1.29 is 14.6 Å². The number of carbonyl (C=O) groups excluding carboxylic acids is 1. The lowest BCUT2D eigenvalue weighted by atomic mass is 9.83. The Balaban J connectivity index is 2.45. The SMILES string of the molecule is NC1(c2ccccc2Cl)COCC(O)C1=O. The van der Waals surface area contributed by atoms with Gasteiger partial charge >= 0.3 is 0 Å². The molecule has 2 unspecified atom stereocenters. The van der Waals surface area contributed by atoms with Crippen LogP contribution in [0.3, 0.4) is 0 Å². The second-order valence-electron chi connectivity index (χ2n) is 3.85. The van der Waals surface area contributed by atoms with E-state index in [2.05, 4.69) is 0 Å². The lowest BCUT2D eigenvalue weighted by Gasteiger charge is -2.35. The number of aliphatic hydroxyl groups is 1. The average Bonchev–Trinajstić information content (AvgIpc) is 2.26. The molecule has 0 aliphatic carbocycles. The van der Waals surface area contributed by atoms with E-state index >= 15 is 0 Å². The van der Waals surface area contributed by atoms with E-state index in [1.165, 1.54) is 0 Å². The summed E-state index contributed by atoms with van der Waals surface area (Å²) >= 11 is 5.99. The Kier molecular flexibility index (Phi) is 2.99. The maximum Gasteiger partial charge on any atom is 0.190 e. The third kappa shape index (κ3) is 1.74. The van der Waals surface area contributed by atoms with Crippen molar-refractivity contribution in [2.75, 3.05) is 13.2 Å². The number of halogens is 1. The number of hydrogen-bond acceptors (Lipinski definition) is 4. The molecule has 1 fully saturated rings. The van der Waals surface area contributed by atoms with Gasteiger partial charge in [-0.15, -0.1) is 0 Å². The van der Waals surface area contributed by atoms with Gasteiger partial charge in [-0.3, -0.25) is 4.79 Å². The molecule has 1 aromatic carbocycles. The highest BCUT2D eigenvalue weighted by atomic mass is 35.5. The minimum atomic E-state index is -1.35. The van der Waals surface area contributed by atoms with Crippen LogP contribution in [0.25, 0.3) is 0 Å².